The van der Waals surface area contributed by atoms with Crippen molar-refractivity contribution in [3.63, 3.8) is 0 Å². The molecule has 0 amide bonds. The Hall–Kier alpha value is -0.900. The van der Waals surface area contributed by atoms with Gasteiger partial charge in [0.05, 0.1) is 10.8 Å². The van der Waals surface area contributed by atoms with Crippen molar-refractivity contribution in [3.05, 3.63) is 35.4 Å². The molecule has 1 nitrogen and oxygen atoms in total. The van der Waals surface area contributed by atoms with E-state index in [1.54, 1.807) is 6.92 Å². The molecule has 1 rings (SSSR count). The van der Waals surface area contributed by atoms with E-state index in [2.05, 4.69) is 0 Å². The highest BCUT2D eigenvalue weighted by Gasteiger charge is 2.20. The van der Waals surface area contributed by atoms with Gasteiger partial charge in [-0.2, -0.15) is 0 Å². The lowest BCUT2D eigenvalue weighted by molar-refractivity contribution is 0.0990. The van der Waals surface area contributed by atoms with Gasteiger partial charge in [-0.25, -0.2) is 8.78 Å². The molecule has 1 unspecified atom stereocenters. The van der Waals surface area contributed by atoms with Crippen molar-refractivity contribution in [1.29, 1.82) is 0 Å². The van der Waals surface area contributed by atoms with Crippen LogP contribution in [-0.2, 0) is 0 Å². The first-order chi connectivity index (χ1) is 7.41. The molecule has 4 heteroatoms. The summed E-state index contributed by atoms with van der Waals surface area (Å²) in [5, 5.41) is -0.0255. The zero-order valence-corrected chi connectivity index (χ0v) is 10.3. The van der Waals surface area contributed by atoms with Crippen LogP contribution in [0.2, 0.25) is 0 Å². The minimum absolute atomic E-state index is 0.0398. The van der Waals surface area contributed by atoms with Gasteiger partial charge in [-0.15, -0.1) is 11.8 Å². The van der Waals surface area contributed by atoms with Gasteiger partial charge >= 0.3 is 0 Å². The van der Waals surface area contributed by atoms with E-state index in [0.29, 0.717) is 5.25 Å². The summed E-state index contributed by atoms with van der Waals surface area (Å²) in [6.45, 7) is 5.67. The highest BCUT2D eigenvalue weighted by atomic mass is 32.2. The third kappa shape index (κ3) is 3.30. The number of thioether (sulfide) groups is 1. The molecule has 0 radical (unpaired) electrons. The van der Waals surface area contributed by atoms with Gasteiger partial charge in [-0.1, -0.05) is 13.8 Å². The highest BCUT2D eigenvalue weighted by Crippen LogP contribution is 2.22. The van der Waals surface area contributed by atoms with Crippen molar-refractivity contribution in [1.82, 2.24) is 0 Å². The molecule has 0 saturated carbocycles. The Morgan fingerprint density at radius 3 is 2.38 bits per heavy atom. The van der Waals surface area contributed by atoms with Crippen LogP contribution >= 0.6 is 11.8 Å². The standard InChI is InChI=1S/C12H14F2OS/c1-7(2)16-8(3)12(15)10-5-4-9(13)6-11(10)14/h4-8H,1-3H3. The Morgan fingerprint density at radius 1 is 1.25 bits per heavy atom. The number of benzene rings is 1. The number of hydrogen-bond acceptors (Lipinski definition) is 2. The smallest absolute Gasteiger partial charge is 0.178 e. The van der Waals surface area contributed by atoms with E-state index in [1.807, 2.05) is 13.8 Å². The molecule has 0 aliphatic rings. The molecule has 0 aromatic heterocycles. The van der Waals surface area contributed by atoms with Crippen LogP contribution < -0.4 is 0 Å². The normalized spacial score (nSPS) is 12.9. The summed E-state index contributed by atoms with van der Waals surface area (Å²) in [7, 11) is 0. The SMILES string of the molecule is CC(C)SC(C)C(=O)c1ccc(F)cc1F. The molecule has 88 valence electrons. The minimum Gasteiger partial charge on any atom is -0.293 e. The summed E-state index contributed by atoms with van der Waals surface area (Å²) in [6, 6.07) is 3.04. The second-order valence-electron chi connectivity index (χ2n) is 3.82. The monoisotopic (exact) mass is 244 g/mol. The van der Waals surface area contributed by atoms with Crippen molar-refractivity contribution in [3.8, 4) is 0 Å². The Bertz CT molecular complexity index is 391. The van der Waals surface area contributed by atoms with Crippen LogP contribution in [0.15, 0.2) is 18.2 Å². The van der Waals surface area contributed by atoms with E-state index in [1.165, 1.54) is 17.8 Å². The summed E-state index contributed by atoms with van der Waals surface area (Å²) in [5.74, 6) is -1.75. The van der Waals surface area contributed by atoms with E-state index < -0.39 is 11.6 Å². The van der Waals surface area contributed by atoms with Crippen molar-refractivity contribution in [2.24, 2.45) is 0 Å². The molecule has 0 fully saturated rings. The average Bonchev–Trinajstić information content (AvgIpc) is 2.15. The number of hydrogen-bond donors (Lipinski definition) is 0. The number of rotatable bonds is 4. The number of carbonyl (C=O) groups is 1. The fourth-order valence-electron chi connectivity index (χ4n) is 1.38. The van der Waals surface area contributed by atoms with Crippen LogP contribution in [0.3, 0.4) is 0 Å². The molecule has 0 bridgehead atoms. The van der Waals surface area contributed by atoms with Gasteiger partial charge in [0.2, 0.25) is 0 Å². The van der Waals surface area contributed by atoms with Crippen molar-refractivity contribution < 1.29 is 13.6 Å². The number of carbonyl (C=O) groups excluding carboxylic acids is 1. The number of Topliss-reactive ketones (excluding diaryl/α,β-unsaturated/α-hetero) is 1. The van der Waals surface area contributed by atoms with Gasteiger partial charge < -0.3 is 0 Å². The van der Waals surface area contributed by atoms with E-state index >= 15 is 0 Å². The first-order valence-electron chi connectivity index (χ1n) is 5.06. The molecule has 0 saturated heterocycles. The first-order valence-corrected chi connectivity index (χ1v) is 6.01. The lowest BCUT2D eigenvalue weighted by Gasteiger charge is -2.13. The molecule has 0 heterocycles. The van der Waals surface area contributed by atoms with E-state index in [0.717, 1.165) is 12.1 Å². The molecular formula is C12H14F2OS. The van der Waals surface area contributed by atoms with Gasteiger partial charge in [0.15, 0.2) is 5.78 Å². The maximum atomic E-state index is 13.3. The lowest BCUT2D eigenvalue weighted by Crippen LogP contribution is -2.17. The molecule has 1 aromatic rings. The maximum Gasteiger partial charge on any atom is 0.178 e. The summed E-state index contributed by atoms with van der Waals surface area (Å²) in [5.41, 5.74) is -0.0398. The van der Waals surface area contributed by atoms with E-state index in [-0.39, 0.29) is 16.6 Å². The minimum atomic E-state index is -0.791. The number of ketones is 1. The molecule has 0 aliphatic carbocycles. The average molecular weight is 244 g/mol. The second kappa shape index (κ2) is 5.43. The fraction of sp³-hybridized carbons (Fsp3) is 0.417. The van der Waals surface area contributed by atoms with Gasteiger partial charge in [0.25, 0.3) is 0 Å². The van der Waals surface area contributed by atoms with E-state index in [4.69, 9.17) is 0 Å². The molecule has 1 aromatic carbocycles. The van der Waals surface area contributed by atoms with Crippen LogP contribution in [0, 0.1) is 11.6 Å². The van der Waals surface area contributed by atoms with Crippen LogP contribution in [-0.4, -0.2) is 16.3 Å². The first kappa shape index (κ1) is 13.2. The highest BCUT2D eigenvalue weighted by molar-refractivity contribution is 8.01. The second-order valence-corrected chi connectivity index (χ2v) is 5.74. The zero-order chi connectivity index (χ0) is 12.3. The zero-order valence-electron chi connectivity index (χ0n) is 9.46. The van der Waals surface area contributed by atoms with Gasteiger partial charge in [0, 0.05) is 6.07 Å². The van der Waals surface area contributed by atoms with Gasteiger partial charge in [0.1, 0.15) is 11.6 Å². The summed E-state index contributed by atoms with van der Waals surface area (Å²) >= 11 is 1.46. The third-order valence-corrected chi connectivity index (χ3v) is 3.21. The van der Waals surface area contributed by atoms with Crippen LogP contribution in [0.4, 0.5) is 8.78 Å². The quantitative estimate of drug-likeness (QED) is 0.751. The Balaban J connectivity index is 2.88. The summed E-state index contributed by atoms with van der Waals surface area (Å²) in [4.78, 5) is 11.8. The molecule has 0 spiro atoms. The van der Waals surface area contributed by atoms with Crippen LogP contribution in [0.5, 0.6) is 0 Å². The lowest BCUT2D eigenvalue weighted by atomic mass is 10.1. The Morgan fingerprint density at radius 2 is 1.88 bits per heavy atom. The predicted octanol–water partition coefficient (Wildman–Crippen LogP) is 3.68. The molecule has 0 N–H and O–H groups in total. The van der Waals surface area contributed by atoms with Gasteiger partial charge in [-0.05, 0) is 24.3 Å². The van der Waals surface area contributed by atoms with Gasteiger partial charge in [-0.3, -0.25) is 4.79 Å². The number of halogens is 2. The Labute approximate surface area is 98.2 Å². The van der Waals surface area contributed by atoms with E-state index in [9.17, 15) is 13.6 Å². The predicted molar refractivity (Wildman–Crippen MR) is 62.9 cm³/mol. The topological polar surface area (TPSA) is 17.1 Å². The summed E-state index contributed by atoms with van der Waals surface area (Å²) < 4.78 is 26.0. The largest absolute Gasteiger partial charge is 0.293 e. The summed E-state index contributed by atoms with van der Waals surface area (Å²) in [6.07, 6.45) is 0. The molecular weight excluding hydrogens is 230 g/mol. The van der Waals surface area contributed by atoms with Crippen molar-refractivity contribution in [2.45, 2.75) is 31.3 Å². The maximum absolute atomic E-state index is 13.3. The third-order valence-electron chi connectivity index (χ3n) is 2.04. The van der Waals surface area contributed by atoms with Crippen molar-refractivity contribution >= 4 is 17.5 Å². The molecule has 0 aliphatic heterocycles. The van der Waals surface area contributed by atoms with Crippen molar-refractivity contribution in [2.75, 3.05) is 0 Å². The fourth-order valence-corrected chi connectivity index (χ4v) is 2.45. The van der Waals surface area contributed by atoms with Crippen LogP contribution in [0.1, 0.15) is 31.1 Å². The molecule has 16 heavy (non-hydrogen) atoms. The Kier molecular flexibility index (Phi) is 4.47. The molecule has 1 atom stereocenters. The van der Waals surface area contributed by atoms with Crippen LogP contribution in [0.25, 0.3) is 0 Å².